The maximum atomic E-state index is 6.56. The van der Waals surface area contributed by atoms with Crippen molar-refractivity contribution in [3.63, 3.8) is 0 Å². The van der Waals surface area contributed by atoms with Gasteiger partial charge < -0.3 is 8.83 Å². The van der Waals surface area contributed by atoms with E-state index in [-0.39, 0.29) is 0 Å². The molecule has 232 valence electrons. The minimum absolute atomic E-state index is 0.669. The van der Waals surface area contributed by atoms with Crippen LogP contribution in [0.15, 0.2) is 167 Å². The summed E-state index contributed by atoms with van der Waals surface area (Å²) in [6, 6.07) is 54.8. The van der Waals surface area contributed by atoms with E-state index in [9.17, 15) is 0 Å². The molecular weight excluding hydrogens is 613 g/mol. The maximum Gasteiger partial charge on any atom is 0.161 e. The second kappa shape index (κ2) is 10.4. The summed E-state index contributed by atoms with van der Waals surface area (Å²) in [5.41, 5.74) is 10.4. The first-order chi connectivity index (χ1) is 24.8. The molecule has 0 atom stereocenters. The van der Waals surface area contributed by atoms with Gasteiger partial charge in [-0.25, -0.2) is 9.97 Å². The second-order valence-corrected chi connectivity index (χ2v) is 12.9. The summed E-state index contributed by atoms with van der Waals surface area (Å²) >= 11 is 0. The number of aromatic nitrogens is 2. The molecule has 11 aromatic rings. The molecule has 0 amide bonds. The highest BCUT2D eigenvalue weighted by Gasteiger charge is 2.22. The zero-order valence-electron chi connectivity index (χ0n) is 26.7. The van der Waals surface area contributed by atoms with Gasteiger partial charge in [0.05, 0.1) is 11.4 Å². The lowest BCUT2D eigenvalue weighted by molar-refractivity contribution is 0.669. The minimum Gasteiger partial charge on any atom is -0.456 e. The van der Waals surface area contributed by atoms with Crippen LogP contribution < -0.4 is 0 Å². The van der Waals surface area contributed by atoms with Crippen LogP contribution in [0.2, 0.25) is 0 Å². The Kier molecular flexibility index (Phi) is 5.63. The summed E-state index contributed by atoms with van der Waals surface area (Å²) in [4.78, 5) is 10.6. The average molecular weight is 639 g/mol. The van der Waals surface area contributed by atoms with E-state index in [2.05, 4.69) is 115 Å². The summed E-state index contributed by atoms with van der Waals surface area (Å²) < 4.78 is 12.9. The fourth-order valence-electron chi connectivity index (χ4n) is 7.78. The summed E-state index contributed by atoms with van der Waals surface area (Å²) in [6.07, 6.45) is 0. The molecule has 0 saturated heterocycles. The van der Waals surface area contributed by atoms with E-state index in [0.29, 0.717) is 5.82 Å². The molecule has 0 fully saturated rings. The van der Waals surface area contributed by atoms with Gasteiger partial charge in [0, 0.05) is 43.6 Å². The Bertz CT molecular complexity index is 3080. The predicted octanol–water partition coefficient (Wildman–Crippen LogP) is 12.7. The standard InChI is InChI=1S/C46H26N2O2/c1-3-11-27(12-4-1)30-23-36-33-16-9-18-35(43(33)34-17-10-20-40-44(34)45(36)42(25-30)50-40)46-47-37(28-13-5-2-6-14-28)26-38(48-46)29-21-22-32-31-15-7-8-19-39(31)49-41(32)24-29/h1-26H. The van der Waals surface area contributed by atoms with Crippen molar-refractivity contribution >= 4 is 65.4 Å². The molecule has 4 nitrogen and oxygen atoms in total. The maximum absolute atomic E-state index is 6.56. The van der Waals surface area contributed by atoms with Gasteiger partial charge in [0.15, 0.2) is 5.82 Å². The quantitative estimate of drug-likeness (QED) is 0.180. The number of para-hydroxylation sites is 1. The van der Waals surface area contributed by atoms with Crippen molar-refractivity contribution in [2.24, 2.45) is 0 Å². The zero-order valence-corrected chi connectivity index (χ0v) is 26.7. The van der Waals surface area contributed by atoms with Gasteiger partial charge in [0.1, 0.15) is 22.3 Å². The second-order valence-electron chi connectivity index (χ2n) is 12.9. The molecule has 0 aliphatic rings. The molecule has 3 heterocycles. The molecule has 50 heavy (non-hydrogen) atoms. The third kappa shape index (κ3) is 3.99. The van der Waals surface area contributed by atoms with Gasteiger partial charge in [0.25, 0.3) is 0 Å². The number of benzene rings is 8. The van der Waals surface area contributed by atoms with Crippen LogP contribution in [0.4, 0.5) is 0 Å². The molecule has 3 aromatic heterocycles. The van der Waals surface area contributed by atoms with Gasteiger partial charge in [-0.15, -0.1) is 0 Å². The van der Waals surface area contributed by atoms with E-state index in [1.165, 1.54) is 0 Å². The molecule has 0 aliphatic carbocycles. The number of nitrogens with zero attached hydrogens (tertiary/aromatic N) is 2. The van der Waals surface area contributed by atoms with Gasteiger partial charge in [-0.05, 0) is 69.8 Å². The Labute approximate surface area is 286 Å². The van der Waals surface area contributed by atoms with Crippen LogP contribution in [0, 0.1) is 0 Å². The highest BCUT2D eigenvalue weighted by molar-refractivity contribution is 6.35. The van der Waals surface area contributed by atoms with Crippen molar-refractivity contribution in [2.45, 2.75) is 0 Å². The van der Waals surface area contributed by atoms with E-state index in [0.717, 1.165) is 105 Å². The number of hydrogen-bond acceptors (Lipinski definition) is 4. The van der Waals surface area contributed by atoms with E-state index >= 15 is 0 Å². The van der Waals surface area contributed by atoms with Crippen LogP contribution in [-0.4, -0.2) is 9.97 Å². The highest BCUT2D eigenvalue weighted by Crippen LogP contribution is 2.46. The Morgan fingerprint density at radius 2 is 0.940 bits per heavy atom. The molecule has 0 bridgehead atoms. The summed E-state index contributed by atoms with van der Waals surface area (Å²) in [6.45, 7) is 0. The van der Waals surface area contributed by atoms with Crippen molar-refractivity contribution in [3.05, 3.63) is 158 Å². The lowest BCUT2D eigenvalue weighted by Crippen LogP contribution is -1.97. The van der Waals surface area contributed by atoms with Crippen LogP contribution in [-0.2, 0) is 0 Å². The monoisotopic (exact) mass is 638 g/mol. The first kappa shape index (κ1) is 27.2. The molecule has 0 saturated carbocycles. The molecule has 11 rings (SSSR count). The molecule has 4 heteroatoms. The third-order valence-electron chi connectivity index (χ3n) is 10.0. The number of hydrogen-bond donors (Lipinski definition) is 0. The minimum atomic E-state index is 0.669. The van der Waals surface area contributed by atoms with Crippen molar-refractivity contribution in [1.29, 1.82) is 0 Å². The Hall–Kier alpha value is -6.78. The number of fused-ring (bicyclic) bond motifs is 6. The van der Waals surface area contributed by atoms with Gasteiger partial charge >= 0.3 is 0 Å². The van der Waals surface area contributed by atoms with E-state index in [1.54, 1.807) is 0 Å². The zero-order chi connectivity index (χ0) is 32.8. The number of rotatable bonds is 4. The topological polar surface area (TPSA) is 52.1 Å². The Balaban J connectivity index is 1.21. The van der Waals surface area contributed by atoms with E-state index in [4.69, 9.17) is 18.8 Å². The Morgan fingerprint density at radius 1 is 0.320 bits per heavy atom. The van der Waals surface area contributed by atoms with Crippen molar-refractivity contribution in [3.8, 4) is 45.0 Å². The fourth-order valence-corrected chi connectivity index (χ4v) is 7.78. The molecule has 0 radical (unpaired) electrons. The van der Waals surface area contributed by atoms with Crippen molar-refractivity contribution in [1.82, 2.24) is 9.97 Å². The van der Waals surface area contributed by atoms with Crippen molar-refractivity contribution < 1.29 is 8.83 Å². The first-order valence-electron chi connectivity index (χ1n) is 16.8. The number of furan rings is 2. The molecule has 0 aliphatic heterocycles. The lowest BCUT2D eigenvalue weighted by Gasteiger charge is -2.14. The molecule has 0 unspecified atom stereocenters. The summed E-state index contributed by atoms with van der Waals surface area (Å²) in [5, 5.41) is 9.03. The van der Waals surface area contributed by atoms with Gasteiger partial charge in [-0.2, -0.15) is 0 Å². The van der Waals surface area contributed by atoms with Crippen LogP contribution in [0.1, 0.15) is 0 Å². The lowest BCUT2D eigenvalue weighted by atomic mass is 9.89. The summed E-state index contributed by atoms with van der Waals surface area (Å²) in [5.74, 6) is 0.669. The van der Waals surface area contributed by atoms with Gasteiger partial charge in [0.2, 0.25) is 0 Å². The SMILES string of the molecule is c1ccc(-c2cc3oc4cccc5c6c(-c7nc(-c8ccccc8)cc(-c8ccc9c(c8)oc8ccccc89)n7)cccc6c(c2)c3c45)cc1. The van der Waals surface area contributed by atoms with Crippen molar-refractivity contribution in [2.75, 3.05) is 0 Å². The molecule has 8 aromatic carbocycles. The predicted molar refractivity (Wildman–Crippen MR) is 205 cm³/mol. The van der Waals surface area contributed by atoms with Crippen LogP contribution in [0.25, 0.3) is 110 Å². The van der Waals surface area contributed by atoms with E-state index < -0.39 is 0 Å². The fraction of sp³-hybridized carbons (Fsp3) is 0. The summed E-state index contributed by atoms with van der Waals surface area (Å²) in [7, 11) is 0. The molecule has 0 spiro atoms. The van der Waals surface area contributed by atoms with Gasteiger partial charge in [-0.1, -0.05) is 115 Å². The smallest absolute Gasteiger partial charge is 0.161 e. The first-order valence-corrected chi connectivity index (χ1v) is 16.8. The van der Waals surface area contributed by atoms with Crippen LogP contribution >= 0.6 is 0 Å². The van der Waals surface area contributed by atoms with Crippen LogP contribution in [0.5, 0.6) is 0 Å². The van der Waals surface area contributed by atoms with Crippen LogP contribution in [0.3, 0.4) is 0 Å². The molecule has 0 N–H and O–H groups in total. The Morgan fingerprint density at radius 3 is 1.80 bits per heavy atom. The van der Waals surface area contributed by atoms with Gasteiger partial charge in [-0.3, -0.25) is 0 Å². The average Bonchev–Trinajstić information content (AvgIpc) is 3.76. The van der Waals surface area contributed by atoms with E-state index in [1.807, 2.05) is 42.5 Å². The molecular formula is C46H26N2O2. The highest BCUT2D eigenvalue weighted by atomic mass is 16.3. The largest absolute Gasteiger partial charge is 0.456 e. The normalized spacial score (nSPS) is 12.0. The third-order valence-corrected chi connectivity index (χ3v) is 10.0.